The normalized spacial score (nSPS) is 12.0. The first-order valence-electron chi connectivity index (χ1n) is 30.6. The molecule has 0 saturated carbocycles. The fourth-order valence-electron chi connectivity index (χ4n) is 9.48. The largest absolute Gasteiger partial charge is 0.480 e. The third-order valence-electron chi connectivity index (χ3n) is 14.1. The van der Waals surface area contributed by atoms with E-state index in [-0.39, 0.29) is 37.0 Å². The van der Waals surface area contributed by atoms with Gasteiger partial charge in [0.25, 0.3) is 0 Å². The van der Waals surface area contributed by atoms with Crippen molar-refractivity contribution in [2.75, 3.05) is 13.1 Å². The second-order valence-electron chi connectivity index (χ2n) is 21.0. The third-order valence-corrected chi connectivity index (χ3v) is 14.1. The average molecular weight is 1010 g/mol. The first-order valence-corrected chi connectivity index (χ1v) is 30.6. The highest BCUT2D eigenvalue weighted by molar-refractivity contribution is 5.99. The van der Waals surface area contributed by atoms with Gasteiger partial charge in [0.1, 0.15) is 12.1 Å². The maximum Gasteiger partial charge on any atom is 0.326 e. The Balaban J connectivity index is 0. The van der Waals surface area contributed by atoms with Gasteiger partial charge in [-0.25, -0.2) is 9.59 Å². The van der Waals surface area contributed by atoms with Crippen LogP contribution in [0.3, 0.4) is 0 Å². The van der Waals surface area contributed by atoms with Crippen LogP contribution in [0, 0.1) is 0 Å². The molecule has 11 heteroatoms. The molecule has 0 bridgehead atoms. The molecule has 0 spiro atoms. The summed E-state index contributed by atoms with van der Waals surface area (Å²) in [6, 6.07) is -1.85. The number of nitrogens with zero attached hydrogens (tertiary/aromatic N) is 1. The number of carboxylic acid groups (broad SMARTS) is 2. The summed E-state index contributed by atoms with van der Waals surface area (Å²) >= 11 is 0. The zero-order chi connectivity index (χ0) is 52.7. The Bertz CT molecular complexity index is 1160. The van der Waals surface area contributed by atoms with Gasteiger partial charge in [0.2, 0.25) is 17.7 Å². The van der Waals surface area contributed by atoms with Crippen molar-refractivity contribution >= 4 is 29.7 Å². The Hall–Kier alpha value is -2.53. The maximum absolute atomic E-state index is 13.2. The van der Waals surface area contributed by atoms with Gasteiger partial charge in [-0.2, -0.15) is 0 Å². The van der Waals surface area contributed by atoms with Crippen molar-refractivity contribution in [1.82, 2.24) is 10.2 Å². The standard InChI is InChI=1S/C38H74N2O4.C22H44N2O3/c1-3-5-7-9-11-13-15-17-19-21-23-25-27-32-36(41)40(35(38(43)44)31-29-30-34-39)37(42)33-28-26-24-22-20-18-16-14-12-10-8-6-4-2;1-2-3-4-5-6-7-8-9-10-11-12-13-14-18-21(25)24-20(22(26)27)17-15-16-19-23/h35H,3-34,39H2,1-2H3,(H,43,44);20H,2-19,23H2,1H3,(H,24,25)(H,26,27). The van der Waals surface area contributed by atoms with E-state index in [4.69, 9.17) is 16.6 Å². The number of carbonyl (C=O) groups is 5. The van der Waals surface area contributed by atoms with Crippen molar-refractivity contribution in [2.45, 2.75) is 341 Å². The van der Waals surface area contributed by atoms with Crippen molar-refractivity contribution in [3.05, 3.63) is 0 Å². The minimum Gasteiger partial charge on any atom is -0.480 e. The number of rotatable bonds is 54. The first kappa shape index (κ1) is 70.5. The van der Waals surface area contributed by atoms with Crippen molar-refractivity contribution in [3.8, 4) is 0 Å². The Kier molecular flexibility index (Phi) is 56.4. The Morgan fingerprint density at radius 2 is 0.620 bits per heavy atom. The molecular weight excluding hydrogens is 889 g/mol. The molecule has 420 valence electrons. The van der Waals surface area contributed by atoms with E-state index in [0.717, 1.165) is 56.3 Å². The highest BCUT2D eigenvalue weighted by Gasteiger charge is 2.33. The number of carboxylic acids is 2. The van der Waals surface area contributed by atoms with E-state index in [9.17, 15) is 29.1 Å². The predicted molar refractivity (Wildman–Crippen MR) is 300 cm³/mol. The van der Waals surface area contributed by atoms with Gasteiger partial charge in [0.05, 0.1) is 0 Å². The molecule has 0 radical (unpaired) electrons. The third kappa shape index (κ3) is 49.5. The maximum atomic E-state index is 13.2. The summed E-state index contributed by atoms with van der Waals surface area (Å²) < 4.78 is 0. The summed E-state index contributed by atoms with van der Waals surface area (Å²) in [4.78, 5) is 62.8. The Morgan fingerprint density at radius 1 is 0.352 bits per heavy atom. The van der Waals surface area contributed by atoms with Crippen LogP contribution in [0.15, 0.2) is 0 Å². The second kappa shape index (κ2) is 56.8. The molecule has 2 unspecified atom stereocenters. The van der Waals surface area contributed by atoms with Crippen LogP contribution in [0.5, 0.6) is 0 Å². The number of unbranched alkanes of at least 4 members (excludes halogenated alkanes) is 38. The summed E-state index contributed by atoms with van der Waals surface area (Å²) in [7, 11) is 0. The van der Waals surface area contributed by atoms with Crippen molar-refractivity contribution in [2.24, 2.45) is 11.5 Å². The van der Waals surface area contributed by atoms with Gasteiger partial charge in [-0.1, -0.05) is 252 Å². The van der Waals surface area contributed by atoms with Crippen LogP contribution in [0.25, 0.3) is 0 Å². The first-order chi connectivity index (χ1) is 34.6. The summed E-state index contributed by atoms with van der Waals surface area (Å²) in [5.41, 5.74) is 11.0. The lowest BCUT2D eigenvalue weighted by Crippen LogP contribution is -2.48. The number of nitrogens with one attached hydrogen (secondary N) is 1. The molecule has 0 aliphatic heterocycles. The lowest BCUT2D eigenvalue weighted by Gasteiger charge is -2.27. The van der Waals surface area contributed by atoms with E-state index in [1.807, 2.05) is 0 Å². The molecule has 2 atom stereocenters. The molecule has 0 aromatic rings. The quantitative estimate of drug-likeness (QED) is 0.0369. The number of aliphatic carboxylic acids is 2. The molecule has 0 saturated heterocycles. The van der Waals surface area contributed by atoms with Gasteiger partial charge >= 0.3 is 11.9 Å². The van der Waals surface area contributed by atoms with E-state index in [2.05, 4.69) is 26.1 Å². The van der Waals surface area contributed by atoms with E-state index in [1.165, 1.54) is 199 Å². The van der Waals surface area contributed by atoms with E-state index < -0.39 is 24.0 Å². The Morgan fingerprint density at radius 3 is 0.887 bits per heavy atom. The highest BCUT2D eigenvalue weighted by atomic mass is 16.4. The summed E-state index contributed by atoms with van der Waals surface area (Å²) in [6.07, 6.45) is 52.8. The lowest BCUT2D eigenvalue weighted by atomic mass is 10.0. The van der Waals surface area contributed by atoms with Crippen LogP contribution in [0.2, 0.25) is 0 Å². The van der Waals surface area contributed by atoms with E-state index in [0.29, 0.717) is 51.6 Å². The van der Waals surface area contributed by atoms with Crippen molar-refractivity contribution in [1.29, 1.82) is 0 Å². The molecule has 0 heterocycles. The second-order valence-corrected chi connectivity index (χ2v) is 21.0. The van der Waals surface area contributed by atoms with E-state index >= 15 is 0 Å². The number of amides is 3. The molecule has 0 aliphatic carbocycles. The summed E-state index contributed by atoms with van der Waals surface area (Å²) in [6.45, 7) is 7.80. The average Bonchev–Trinajstić information content (AvgIpc) is 3.35. The molecule has 0 aromatic heterocycles. The predicted octanol–water partition coefficient (Wildman–Crippen LogP) is 16.1. The number of hydrogen-bond donors (Lipinski definition) is 5. The zero-order valence-electron chi connectivity index (χ0n) is 47.0. The fourth-order valence-corrected chi connectivity index (χ4v) is 9.48. The van der Waals surface area contributed by atoms with Gasteiger partial charge in [0, 0.05) is 19.3 Å². The minimum absolute atomic E-state index is 0.141. The lowest BCUT2D eigenvalue weighted by molar-refractivity contribution is -0.158. The van der Waals surface area contributed by atoms with Gasteiger partial charge in [-0.3, -0.25) is 19.3 Å². The van der Waals surface area contributed by atoms with Crippen LogP contribution in [0.1, 0.15) is 329 Å². The van der Waals surface area contributed by atoms with Crippen molar-refractivity contribution in [3.63, 3.8) is 0 Å². The molecule has 0 aromatic carbocycles. The molecule has 0 rings (SSSR count). The molecule has 0 aliphatic rings. The smallest absolute Gasteiger partial charge is 0.326 e. The van der Waals surface area contributed by atoms with E-state index in [1.54, 1.807) is 0 Å². The molecule has 11 nitrogen and oxygen atoms in total. The fraction of sp³-hybridized carbons (Fsp3) is 0.917. The van der Waals surface area contributed by atoms with Gasteiger partial charge in [-0.15, -0.1) is 0 Å². The molecule has 71 heavy (non-hydrogen) atoms. The number of carbonyl (C=O) groups excluding carboxylic acids is 3. The number of imide groups is 1. The van der Waals surface area contributed by atoms with Crippen LogP contribution in [-0.4, -0.2) is 69.9 Å². The van der Waals surface area contributed by atoms with Crippen LogP contribution >= 0.6 is 0 Å². The monoisotopic (exact) mass is 1010 g/mol. The topological polar surface area (TPSA) is 193 Å². The summed E-state index contributed by atoms with van der Waals surface area (Å²) in [5, 5.41) is 21.7. The van der Waals surface area contributed by atoms with Gasteiger partial charge in [-0.05, 0) is 70.9 Å². The minimum atomic E-state index is -1.08. The molecule has 3 amide bonds. The zero-order valence-corrected chi connectivity index (χ0v) is 47.0. The van der Waals surface area contributed by atoms with Crippen molar-refractivity contribution < 1.29 is 34.2 Å². The molecule has 7 N–H and O–H groups in total. The van der Waals surface area contributed by atoms with Gasteiger partial charge < -0.3 is 27.0 Å². The SMILES string of the molecule is CCCCCCCCCCCCCCCC(=O)N(C(=O)CCCCCCCCCCCCCCC)C(CCCCN)C(=O)O.CCCCCCCCCCCCCCCC(=O)NC(CCCCN)C(=O)O. The molecule has 0 fully saturated rings. The van der Waals surface area contributed by atoms with Gasteiger partial charge in [0.15, 0.2) is 0 Å². The summed E-state index contributed by atoms with van der Waals surface area (Å²) in [5.74, 6) is -2.80. The van der Waals surface area contributed by atoms with Crippen LogP contribution in [0.4, 0.5) is 0 Å². The number of nitrogens with two attached hydrogens (primary N) is 2. The Labute approximate surface area is 438 Å². The van der Waals surface area contributed by atoms with Crippen LogP contribution in [-0.2, 0) is 24.0 Å². The van der Waals surface area contributed by atoms with Crippen LogP contribution < -0.4 is 16.8 Å². The number of hydrogen-bond acceptors (Lipinski definition) is 7. The molecular formula is C60H118N4O7. The highest BCUT2D eigenvalue weighted by Crippen LogP contribution is 2.20.